The average molecular weight is 322 g/mol. The molecule has 0 aliphatic heterocycles. The molecule has 122 valence electrons. The fraction of sp³-hybridized carbons (Fsp3) is 0.235. The van der Waals surface area contributed by atoms with Crippen molar-refractivity contribution in [3.8, 4) is 0 Å². The Morgan fingerprint density at radius 3 is 2.35 bits per heavy atom. The topological polar surface area (TPSA) is 32.3 Å². The lowest BCUT2D eigenvalue weighted by atomic mass is 10.1. The molecule has 0 bridgehead atoms. The number of hydrogen-bond acceptors (Lipinski definition) is 2. The van der Waals surface area contributed by atoms with Gasteiger partial charge in [-0.1, -0.05) is 6.07 Å². The predicted octanol–water partition coefficient (Wildman–Crippen LogP) is 4.33. The summed E-state index contributed by atoms with van der Waals surface area (Å²) >= 11 is 0. The zero-order valence-electron chi connectivity index (χ0n) is 13.0. The van der Waals surface area contributed by atoms with E-state index in [1.54, 1.807) is 18.2 Å². The first kappa shape index (κ1) is 16.9. The van der Waals surface area contributed by atoms with Crippen LogP contribution in [-0.2, 0) is 6.18 Å². The van der Waals surface area contributed by atoms with Crippen LogP contribution >= 0.6 is 0 Å². The van der Waals surface area contributed by atoms with Crippen molar-refractivity contribution in [2.45, 2.75) is 13.1 Å². The smallest absolute Gasteiger partial charge is 0.377 e. The molecule has 0 aliphatic carbocycles. The number of rotatable bonds is 3. The molecular weight excluding hydrogens is 305 g/mol. The van der Waals surface area contributed by atoms with E-state index in [-0.39, 0.29) is 5.69 Å². The average Bonchev–Trinajstić information content (AvgIpc) is 2.46. The number of nitrogens with zero attached hydrogens (tertiary/aromatic N) is 1. The molecular formula is C17H17F3N2O. The Balaban J connectivity index is 2.21. The number of benzene rings is 2. The number of hydrogen-bond donors (Lipinski definition) is 1. The largest absolute Gasteiger partial charge is 0.416 e. The summed E-state index contributed by atoms with van der Waals surface area (Å²) in [6, 6.07) is 9.72. The van der Waals surface area contributed by atoms with Crippen LogP contribution in [0.3, 0.4) is 0 Å². The molecule has 0 aromatic heterocycles. The Hall–Kier alpha value is -2.50. The first-order valence-corrected chi connectivity index (χ1v) is 6.95. The molecule has 0 aliphatic rings. The van der Waals surface area contributed by atoms with Gasteiger partial charge < -0.3 is 10.2 Å². The maximum atomic E-state index is 12.7. The number of amides is 1. The van der Waals surface area contributed by atoms with Crippen LogP contribution in [0, 0.1) is 6.92 Å². The van der Waals surface area contributed by atoms with Gasteiger partial charge in [-0.25, -0.2) is 0 Å². The second-order valence-corrected chi connectivity index (χ2v) is 5.43. The Bertz CT molecular complexity index is 724. The summed E-state index contributed by atoms with van der Waals surface area (Å²) in [5.74, 6) is -0.447. The highest BCUT2D eigenvalue weighted by atomic mass is 19.4. The van der Waals surface area contributed by atoms with E-state index < -0.39 is 17.6 Å². The van der Waals surface area contributed by atoms with E-state index in [1.165, 1.54) is 12.1 Å². The first-order chi connectivity index (χ1) is 10.7. The van der Waals surface area contributed by atoms with Gasteiger partial charge in [-0.15, -0.1) is 0 Å². The molecule has 2 aromatic rings. The maximum Gasteiger partial charge on any atom is 0.416 e. The zero-order valence-corrected chi connectivity index (χ0v) is 13.0. The molecule has 0 fully saturated rings. The van der Waals surface area contributed by atoms with Crippen LogP contribution in [0.15, 0.2) is 42.5 Å². The van der Waals surface area contributed by atoms with E-state index in [4.69, 9.17) is 0 Å². The molecule has 3 nitrogen and oxygen atoms in total. The van der Waals surface area contributed by atoms with E-state index >= 15 is 0 Å². The van der Waals surface area contributed by atoms with Gasteiger partial charge >= 0.3 is 6.18 Å². The highest BCUT2D eigenvalue weighted by molar-refractivity contribution is 6.04. The summed E-state index contributed by atoms with van der Waals surface area (Å²) in [5.41, 5.74) is 1.59. The van der Waals surface area contributed by atoms with Crippen molar-refractivity contribution >= 4 is 17.3 Å². The predicted molar refractivity (Wildman–Crippen MR) is 84.9 cm³/mol. The fourth-order valence-corrected chi connectivity index (χ4v) is 2.28. The highest BCUT2D eigenvalue weighted by Crippen LogP contribution is 2.30. The van der Waals surface area contributed by atoms with Crippen LogP contribution in [0.5, 0.6) is 0 Å². The first-order valence-electron chi connectivity index (χ1n) is 6.95. The lowest BCUT2D eigenvalue weighted by Crippen LogP contribution is -2.15. The summed E-state index contributed by atoms with van der Waals surface area (Å²) in [4.78, 5) is 14.1. The minimum atomic E-state index is -4.44. The van der Waals surface area contributed by atoms with Gasteiger partial charge in [0.2, 0.25) is 0 Å². The van der Waals surface area contributed by atoms with Crippen LogP contribution < -0.4 is 10.2 Å². The number of halogens is 3. The molecule has 0 saturated carbocycles. The van der Waals surface area contributed by atoms with Crippen LogP contribution in [0.25, 0.3) is 0 Å². The van der Waals surface area contributed by atoms with Crippen molar-refractivity contribution in [2.24, 2.45) is 0 Å². The minimum Gasteiger partial charge on any atom is -0.377 e. The normalized spacial score (nSPS) is 11.2. The number of nitrogens with one attached hydrogen (secondary N) is 1. The summed E-state index contributed by atoms with van der Waals surface area (Å²) in [6.07, 6.45) is -4.44. The maximum absolute atomic E-state index is 12.7. The lowest BCUT2D eigenvalue weighted by Gasteiger charge is -2.16. The quantitative estimate of drug-likeness (QED) is 0.912. The van der Waals surface area contributed by atoms with Gasteiger partial charge in [0, 0.05) is 31.0 Å². The van der Waals surface area contributed by atoms with Gasteiger partial charge in [0.05, 0.1) is 5.56 Å². The summed E-state index contributed by atoms with van der Waals surface area (Å²) in [6.45, 7) is 1.87. The molecule has 1 N–H and O–H groups in total. The molecule has 2 aromatic carbocycles. The van der Waals surface area contributed by atoms with Crippen LogP contribution in [-0.4, -0.2) is 20.0 Å². The minimum absolute atomic E-state index is 0.110. The van der Waals surface area contributed by atoms with Crippen molar-refractivity contribution in [2.75, 3.05) is 24.3 Å². The molecule has 1 amide bonds. The lowest BCUT2D eigenvalue weighted by molar-refractivity contribution is -0.137. The molecule has 0 heterocycles. The summed E-state index contributed by atoms with van der Waals surface area (Å²) in [7, 11) is 3.79. The van der Waals surface area contributed by atoms with Crippen LogP contribution in [0.4, 0.5) is 24.5 Å². The fourth-order valence-electron chi connectivity index (χ4n) is 2.28. The molecule has 0 atom stereocenters. The standard InChI is InChI=1S/C17H17F3N2O/c1-11-9-12(7-8-15(11)22(2)3)16(23)21-14-6-4-5-13(10-14)17(18,19)20/h4-10H,1-3H3,(H,21,23). The van der Waals surface area contributed by atoms with E-state index in [0.29, 0.717) is 5.56 Å². The van der Waals surface area contributed by atoms with Crippen molar-refractivity contribution < 1.29 is 18.0 Å². The summed E-state index contributed by atoms with van der Waals surface area (Å²) < 4.78 is 38.1. The summed E-state index contributed by atoms with van der Waals surface area (Å²) in [5, 5.41) is 2.49. The van der Waals surface area contributed by atoms with E-state index in [2.05, 4.69) is 5.32 Å². The molecule has 0 radical (unpaired) electrons. The van der Waals surface area contributed by atoms with Crippen LogP contribution in [0.1, 0.15) is 21.5 Å². The van der Waals surface area contributed by atoms with Crippen molar-refractivity contribution in [1.82, 2.24) is 0 Å². The number of carbonyl (C=O) groups excluding carboxylic acids is 1. The van der Waals surface area contributed by atoms with Gasteiger partial charge in [0.1, 0.15) is 0 Å². The second-order valence-electron chi connectivity index (χ2n) is 5.43. The zero-order chi connectivity index (χ0) is 17.2. The third kappa shape index (κ3) is 4.03. The third-order valence-corrected chi connectivity index (χ3v) is 3.39. The number of alkyl halides is 3. The highest BCUT2D eigenvalue weighted by Gasteiger charge is 2.30. The van der Waals surface area contributed by atoms with E-state index in [9.17, 15) is 18.0 Å². The van der Waals surface area contributed by atoms with E-state index in [0.717, 1.165) is 23.4 Å². The van der Waals surface area contributed by atoms with Gasteiger partial charge in [-0.05, 0) is 48.9 Å². The van der Waals surface area contributed by atoms with Crippen molar-refractivity contribution in [1.29, 1.82) is 0 Å². The molecule has 0 unspecified atom stereocenters. The Morgan fingerprint density at radius 1 is 1.09 bits per heavy atom. The van der Waals surface area contributed by atoms with E-state index in [1.807, 2.05) is 25.9 Å². The van der Waals surface area contributed by atoms with Gasteiger partial charge in [-0.3, -0.25) is 4.79 Å². The Kier molecular flexibility index (Phi) is 4.63. The SMILES string of the molecule is Cc1cc(C(=O)Nc2cccc(C(F)(F)F)c2)ccc1N(C)C. The number of aryl methyl sites for hydroxylation is 1. The molecule has 23 heavy (non-hydrogen) atoms. The van der Waals surface area contributed by atoms with Crippen molar-refractivity contribution in [3.63, 3.8) is 0 Å². The van der Waals surface area contributed by atoms with Gasteiger partial charge in [0.25, 0.3) is 5.91 Å². The molecule has 0 spiro atoms. The molecule has 6 heteroatoms. The van der Waals surface area contributed by atoms with Gasteiger partial charge in [-0.2, -0.15) is 13.2 Å². The monoisotopic (exact) mass is 322 g/mol. The molecule has 2 rings (SSSR count). The molecule has 0 saturated heterocycles. The van der Waals surface area contributed by atoms with Gasteiger partial charge in [0.15, 0.2) is 0 Å². The third-order valence-electron chi connectivity index (χ3n) is 3.39. The van der Waals surface area contributed by atoms with Crippen molar-refractivity contribution in [3.05, 3.63) is 59.2 Å². The number of carbonyl (C=O) groups is 1. The Morgan fingerprint density at radius 2 is 1.78 bits per heavy atom. The Labute approximate surface area is 132 Å². The van der Waals surface area contributed by atoms with Crippen LogP contribution in [0.2, 0.25) is 0 Å². The second kappa shape index (κ2) is 6.32. The number of anilines is 2.